The highest BCUT2D eigenvalue weighted by Crippen LogP contribution is 2.49. The first kappa shape index (κ1) is 43.4. The molecule has 13 nitrogen and oxygen atoms in total. The summed E-state index contributed by atoms with van der Waals surface area (Å²) in [7, 11) is 6.07. The molecule has 0 aromatic heterocycles. The van der Waals surface area contributed by atoms with Crippen molar-refractivity contribution in [3.05, 3.63) is 46.5 Å². The van der Waals surface area contributed by atoms with Crippen molar-refractivity contribution in [2.24, 2.45) is 5.92 Å². The van der Waals surface area contributed by atoms with Gasteiger partial charge in [-0.15, -0.1) is 0 Å². The van der Waals surface area contributed by atoms with Gasteiger partial charge < -0.3 is 38.6 Å². The Bertz CT molecular complexity index is 1650. The zero-order chi connectivity index (χ0) is 40.3. The molecule has 3 amide bonds. The Balaban J connectivity index is 1.73. The van der Waals surface area contributed by atoms with Crippen molar-refractivity contribution >= 4 is 52.9 Å². The summed E-state index contributed by atoms with van der Waals surface area (Å²) >= 11 is 8.43. The molecule has 2 N–H and O–H groups in total. The van der Waals surface area contributed by atoms with E-state index in [1.54, 1.807) is 70.9 Å². The van der Waals surface area contributed by atoms with Gasteiger partial charge in [0.05, 0.1) is 25.3 Å². The maximum Gasteiger partial charge on any atom is 0.409 e. The maximum atomic E-state index is 14.2. The fraction of sp³-hybridized carbons (Fsp3) is 0.641. The highest BCUT2D eigenvalue weighted by atomic mass is 35.5. The number of thioether (sulfide) groups is 1. The van der Waals surface area contributed by atoms with Crippen LogP contribution in [-0.2, 0) is 39.8 Å². The summed E-state index contributed by atoms with van der Waals surface area (Å²) in [6, 6.07) is 2.63. The molecule has 4 bridgehead atoms. The van der Waals surface area contributed by atoms with E-state index < -0.39 is 65.7 Å². The number of aliphatic hydroxyl groups is 1. The van der Waals surface area contributed by atoms with Crippen LogP contribution in [0.5, 0.6) is 5.75 Å². The van der Waals surface area contributed by atoms with E-state index in [1.165, 1.54) is 24.0 Å². The summed E-state index contributed by atoms with van der Waals surface area (Å²) in [6.45, 7) is 11.2. The number of rotatable bonds is 9. The number of hydrogen-bond acceptors (Lipinski definition) is 11. The number of nitrogens with one attached hydrogen (secondary N) is 1. The molecule has 3 heterocycles. The van der Waals surface area contributed by atoms with Gasteiger partial charge in [0.15, 0.2) is 5.72 Å². The number of ether oxygens (including phenoxy) is 5. The molecule has 2 saturated heterocycles. The number of amides is 3. The van der Waals surface area contributed by atoms with Crippen molar-refractivity contribution in [2.75, 3.05) is 39.5 Å². The van der Waals surface area contributed by atoms with Crippen LogP contribution in [0, 0.1) is 5.92 Å². The quantitative estimate of drug-likeness (QED) is 0.243. The molecule has 0 spiro atoms. The number of allylic oxidation sites excluding steroid dienone is 3. The third kappa shape index (κ3) is 9.73. The smallest absolute Gasteiger partial charge is 0.409 e. The van der Waals surface area contributed by atoms with Gasteiger partial charge >= 0.3 is 12.1 Å². The second-order valence-corrected chi connectivity index (χ2v) is 17.3. The first-order valence-corrected chi connectivity index (χ1v) is 19.7. The van der Waals surface area contributed by atoms with Crippen LogP contribution >= 0.6 is 23.4 Å². The van der Waals surface area contributed by atoms with E-state index in [0.29, 0.717) is 24.3 Å². The normalized spacial score (nSPS) is 31.2. The molecule has 2 fully saturated rings. The predicted molar refractivity (Wildman–Crippen MR) is 208 cm³/mol. The van der Waals surface area contributed by atoms with Gasteiger partial charge in [-0.25, -0.2) is 9.59 Å². The number of likely N-dealkylation sites (N-methyl/N-ethyl adjacent to an activating group) is 1. The Hall–Kier alpha value is -3.30. The first-order chi connectivity index (χ1) is 25.2. The van der Waals surface area contributed by atoms with Gasteiger partial charge in [-0.2, -0.15) is 11.8 Å². The van der Waals surface area contributed by atoms with Gasteiger partial charge in [0, 0.05) is 44.7 Å². The third-order valence-electron chi connectivity index (χ3n) is 11.0. The zero-order valence-electron chi connectivity index (χ0n) is 33.2. The van der Waals surface area contributed by atoms with E-state index in [4.69, 9.17) is 35.3 Å². The summed E-state index contributed by atoms with van der Waals surface area (Å²) in [4.78, 5) is 56.8. The lowest BCUT2D eigenvalue weighted by Gasteiger charge is -2.42. The minimum Gasteiger partial charge on any atom is -0.495 e. The van der Waals surface area contributed by atoms with Crippen molar-refractivity contribution < 1.29 is 48.0 Å². The summed E-state index contributed by atoms with van der Waals surface area (Å²) < 4.78 is 29.2. The number of carbonyl (C=O) groups is 4. The number of anilines is 1. The molecule has 3 aliphatic heterocycles. The molecule has 15 heteroatoms. The number of benzene rings is 1. The summed E-state index contributed by atoms with van der Waals surface area (Å²) in [5.74, 6) is -1.50. The van der Waals surface area contributed by atoms with Gasteiger partial charge in [-0.3, -0.25) is 14.9 Å². The fourth-order valence-corrected chi connectivity index (χ4v) is 7.52. The van der Waals surface area contributed by atoms with Gasteiger partial charge in [0.25, 0.3) is 0 Å². The van der Waals surface area contributed by atoms with E-state index >= 15 is 0 Å². The van der Waals surface area contributed by atoms with Crippen molar-refractivity contribution in [3.8, 4) is 5.75 Å². The van der Waals surface area contributed by atoms with Crippen LogP contribution in [0.15, 0.2) is 35.9 Å². The Kier molecular flexibility index (Phi) is 13.9. The van der Waals surface area contributed by atoms with Crippen LogP contribution in [0.3, 0.4) is 0 Å². The second-order valence-electron chi connectivity index (χ2n) is 15.4. The van der Waals surface area contributed by atoms with E-state index in [2.05, 4.69) is 19.2 Å². The number of fused-ring (bicyclic) bond motifs is 5. The highest BCUT2D eigenvalue weighted by molar-refractivity contribution is 7.99. The molecule has 8 atom stereocenters. The number of hydrogen-bond donors (Lipinski definition) is 2. The molecule has 0 unspecified atom stereocenters. The number of nitrogens with zero attached hydrogens (tertiary/aromatic N) is 2. The summed E-state index contributed by atoms with van der Waals surface area (Å²) in [5.41, 5.74) is -0.894. The van der Waals surface area contributed by atoms with E-state index in [-0.39, 0.29) is 34.9 Å². The second kappa shape index (κ2) is 17.2. The van der Waals surface area contributed by atoms with Crippen molar-refractivity contribution in [1.82, 2.24) is 10.2 Å². The van der Waals surface area contributed by atoms with Crippen LogP contribution in [0.1, 0.15) is 72.8 Å². The van der Waals surface area contributed by atoms with Crippen LogP contribution < -0.4 is 15.0 Å². The molecule has 3 aliphatic rings. The molecule has 300 valence electrons. The number of alkyl carbamates (subject to hydrolysis) is 1. The lowest BCUT2D eigenvalue weighted by Crippen LogP contribution is -2.63. The molecule has 1 aromatic rings. The number of carbonyl (C=O) groups excluding carboxylic acids is 4. The number of halogens is 1. The largest absolute Gasteiger partial charge is 0.495 e. The molecular weight excluding hydrogens is 738 g/mol. The molecular formula is C39H56ClN3O10S. The lowest BCUT2D eigenvalue weighted by molar-refractivity contribution is -0.162. The zero-order valence-corrected chi connectivity index (χ0v) is 34.8. The minimum atomic E-state index is -1.82. The van der Waals surface area contributed by atoms with E-state index in [9.17, 15) is 24.3 Å². The average Bonchev–Trinajstić information content (AvgIpc) is 3.82. The summed E-state index contributed by atoms with van der Waals surface area (Å²) in [5, 5.41) is 14.5. The predicted octanol–water partition coefficient (Wildman–Crippen LogP) is 5.44. The maximum absolute atomic E-state index is 14.2. The lowest BCUT2D eigenvalue weighted by atomic mass is 9.83. The number of methoxy groups -OCH3 is 2. The van der Waals surface area contributed by atoms with Gasteiger partial charge in [-0.1, -0.05) is 56.2 Å². The molecule has 0 aliphatic carbocycles. The standard InChI is InChI=1S/C39H56ClN3O10S/c1-22-13-12-14-29(50-10)39(48)21-28(51-36(47)41-39)23(2)34-38(6,53-34)30(52-35(46)24(3)42(7)31(44)15-16-37(4,5)54-11)20-32(45)43(8)26-18-25(17-22)19-27(49-9)33(26)40/h12-14,18-19,23-24,28-30,34,48H,15-17,20-21H2,1-11H3,(H,41,47)/b14-12+,22-13+/t23-,24-,28+,29-,30+,34+,38+,39+/m1/s1. The Morgan fingerprint density at radius 3 is 2.57 bits per heavy atom. The SMILES string of the molecule is COc1cc2cc(c1Cl)N(C)C(=O)C[C@H](OC(=O)[C@@H](C)N(C)C(=O)CCC(C)(C)SC)[C@]1(C)O[C@H]1[C@H](C)[C@@H]1C[C@@](O)(NC(=O)O1)[C@H](OC)/C=C/C=C(\C)C2. The Labute approximate surface area is 328 Å². The van der Waals surface area contributed by atoms with Crippen molar-refractivity contribution in [2.45, 2.75) is 120 Å². The molecule has 0 radical (unpaired) electrons. The van der Waals surface area contributed by atoms with Crippen LogP contribution in [0.2, 0.25) is 5.02 Å². The van der Waals surface area contributed by atoms with Gasteiger partial charge in [0.2, 0.25) is 11.8 Å². The topological polar surface area (TPSA) is 156 Å². The van der Waals surface area contributed by atoms with E-state index in [1.807, 2.05) is 19.3 Å². The van der Waals surface area contributed by atoms with Gasteiger partial charge in [0.1, 0.15) is 40.7 Å². The average molecular weight is 794 g/mol. The molecule has 4 rings (SSSR count). The molecule has 0 saturated carbocycles. The first-order valence-electron chi connectivity index (χ1n) is 18.1. The highest BCUT2D eigenvalue weighted by Gasteiger charge is 2.64. The Morgan fingerprint density at radius 2 is 1.94 bits per heavy atom. The minimum absolute atomic E-state index is 0.0467. The van der Waals surface area contributed by atoms with Crippen LogP contribution in [-0.4, -0.2) is 115 Å². The molecule has 1 aromatic carbocycles. The van der Waals surface area contributed by atoms with Crippen LogP contribution in [0.4, 0.5) is 10.5 Å². The number of esters is 1. The monoisotopic (exact) mass is 793 g/mol. The van der Waals surface area contributed by atoms with Crippen LogP contribution in [0.25, 0.3) is 0 Å². The van der Waals surface area contributed by atoms with Gasteiger partial charge in [-0.05, 0) is 57.6 Å². The van der Waals surface area contributed by atoms with Crippen molar-refractivity contribution in [3.63, 3.8) is 0 Å². The number of epoxide rings is 1. The fourth-order valence-electron chi connectivity index (χ4n) is 6.90. The molecule has 54 heavy (non-hydrogen) atoms. The summed E-state index contributed by atoms with van der Waals surface area (Å²) in [6.07, 6.45) is 3.84. The van der Waals surface area contributed by atoms with Crippen molar-refractivity contribution in [1.29, 1.82) is 0 Å². The Morgan fingerprint density at radius 1 is 1.26 bits per heavy atom. The third-order valence-corrected chi connectivity index (χ3v) is 12.7. The van der Waals surface area contributed by atoms with E-state index in [0.717, 1.165) is 11.1 Å².